The Balaban J connectivity index is 2.56. The number of rotatable bonds is 3. The topological polar surface area (TPSA) is 29.1 Å². The van der Waals surface area contributed by atoms with Crippen molar-refractivity contribution >= 4 is 12.0 Å². The van der Waals surface area contributed by atoms with Crippen LogP contribution in [0.2, 0.25) is 0 Å². The number of anilines is 1. The highest BCUT2D eigenvalue weighted by atomic mass is 16.1. The van der Waals surface area contributed by atoms with Gasteiger partial charge in [-0.1, -0.05) is 18.2 Å². The van der Waals surface area contributed by atoms with E-state index < -0.39 is 0 Å². The lowest BCUT2D eigenvalue weighted by atomic mass is 9.95. The number of aryl methyl sites for hydroxylation is 2. The predicted octanol–water partition coefficient (Wildman–Crippen LogP) is 3.82. The molecule has 0 amide bonds. The van der Waals surface area contributed by atoms with Crippen molar-refractivity contribution in [3.05, 3.63) is 53.1 Å². The molecule has 0 saturated carbocycles. The Morgan fingerprint density at radius 1 is 1.06 bits per heavy atom. The van der Waals surface area contributed by atoms with E-state index in [4.69, 9.17) is 0 Å². The molecule has 92 valence electrons. The number of hydrogen-bond donors (Lipinski definition) is 1. The van der Waals surface area contributed by atoms with Gasteiger partial charge in [-0.25, -0.2) is 0 Å². The molecule has 2 heteroatoms. The fourth-order valence-corrected chi connectivity index (χ4v) is 2.12. The summed E-state index contributed by atoms with van der Waals surface area (Å²) in [5.41, 5.74) is 6.33. The van der Waals surface area contributed by atoms with Crippen LogP contribution in [-0.4, -0.2) is 13.3 Å². The van der Waals surface area contributed by atoms with Gasteiger partial charge in [-0.3, -0.25) is 4.79 Å². The summed E-state index contributed by atoms with van der Waals surface area (Å²) in [5.74, 6) is 0. The summed E-state index contributed by atoms with van der Waals surface area (Å²) in [6.07, 6.45) is 0.913. The Hall–Kier alpha value is -2.09. The normalized spacial score (nSPS) is 10.2. The zero-order valence-electron chi connectivity index (χ0n) is 10.9. The minimum absolute atomic E-state index is 0.765. The molecular weight excluding hydrogens is 222 g/mol. The van der Waals surface area contributed by atoms with Crippen molar-refractivity contribution in [3.63, 3.8) is 0 Å². The third kappa shape index (κ3) is 2.28. The van der Waals surface area contributed by atoms with Gasteiger partial charge in [-0.15, -0.1) is 0 Å². The molecule has 0 atom stereocenters. The second-order valence-electron chi connectivity index (χ2n) is 4.47. The Labute approximate surface area is 108 Å². The second-order valence-corrected chi connectivity index (χ2v) is 4.47. The van der Waals surface area contributed by atoms with Gasteiger partial charge in [0, 0.05) is 18.3 Å². The summed E-state index contributed by atoms with van der Waals surface area (Å²) in [7, 11) is 1.91. The van der Waals surface area contributed by atoms with Crippen molar-refractivity contribution in [2.24, 2.45) is 0 Å². The molecule has 0 radical (unpaired) electrons. The van der Waals surface area contributed by atoms with Gasteiger partial charge >= 0.3 is 0 Å². The van der Waals surface area contributed by atoms with E-state index in [1.54, 1.807) is 0 Å². The van der Waals surface area contributed by atoms with E-state index in [9.17, 15) is 4.79 Å². The molecule has 0 fully saturated rings. The van der Waals surface area contributed by atoms with Crippen LogP contribution < -0.4 is 5.32 Å². The molecule has 2 aromatic carbocycles. The van der Waals surface area contributed by atoms with Crippen LogP contribution in [0.5, 0.6) is 0 Å². The predicted molar refractivity (Wildman–Crippen MR) is 76.3 cm³/mol. The van der Waals surface area contributed by atoms with Crippen molar-refractivity contribution < 1.29 is 4.79 Å². The van der Waals surface area contributed by atoms with Crippen LogP contribution in [0.4, 0.5) is 5.69 Å². The first kappa shape index (κ1) is 12.4. The first-order chi connectivity index (χ1) is 8.65. The van der Waals surface area contributed by atoms with E-state index in [-0.39, 0.29) is 0 Å². The average molecular weight is 239 g/mol. The third-order valence-corrected chi connectivity index (χ3v) is 3.20. The standard InChI is InChI=1S/C16H17NO/c1-11-8-16(12(2)7-14(11)10-18)13-5-4-6-15(9-13)17-3/h4-10,17H,1-3H3. The summed E-state index contributed by atoms with van der Waals surface area (Å²) in [4.78, 5) is 10.9. The van der Waals surface area contributed by atoms with Gasteiger partial charge in [0.25, 0.3) is 0 Å². The van der Waals surface area contributed by atoms with Gasteiger partial charge in [0.15, 0.2) is 0 Å². The molecule has 0 aliphatic carbocycles. The maximum absolute atomic E-state index is 10.9. The Kier molecular flexibility index (Phi) is 3.47. The second kappa shape index (κ2) is 5.05. The number of aldehydes is 1. The van der Waals surface area contributed by atoms with Crippen LogP contribution >= 0.6 is 0 Å². The molecular formula is C16H17NO. The Morgan fingerprint density at radius 3 is 2.50 bits per heavy atom. The number of carbonyl (C=O) groups excluding carboxylic acids is 1. The molecule has 0 spiro atoms. The summed E-state index contributed by atoms with van der Waals surface area (Å²) in [6.45, 7) is 4.00. The highest BCUT2D eigenvalue weighted by molar-refractivity contribution is 5.81. The lowest BCUT2D eigenvalue weighted by Crippen LogP contribution is -1.93. The van der Waals surface area contributed by atoms with Crippen molar-refractivity contribution in [1.29, 1.82) is 0 Å². The lowest BCUT2D eigenvalue weighted by Gasteiger charge is -2.11. The summed E-state index contributed by atoms with van der Waals surface area (Å²) in [5, 5.41) is 3.14. The minimum atomic E-state index is 0.765. The van der Waals surface area contributed by atoms with Gasteiger partial charge in [0.2, 0.25) is 0 Å². The van der Waals surface area contributed by atoms with Crippen molar-refractivity contribution in [3.8, 4) is 11.1 Å². The van der Waals surface area contributed by atoms with E-state index in [2.05, 4.69) is 23.5 Å². The smallest absolute Gasteiger partial charge is 0.150 e. The number of nitrogens with one attached hydrogen (secondary N) is 1. The van der Waals surface area contributed by atoms with E-state index in [1.807, 2.05) is 39.1 Å². The fraction of sp³-hybridized carbons (Fsp3) is 0.188. The first-order valence-electron chi connectivity index (χ1n) is 6.00. The fourth-order valence-electron chi connectivity index (χ4n) is 2.12. The van der Waals surface area contributed by atoms with Crippen LogP contribution in [0.1, 0.15) is 21.5 Å². The highest BCUT2D eigenvalue weighted by Crippen LogP contribution is 2.27. The zero-order valence-corrected chi connectivity index (χ0v) is 10.9. The van der Waals surface area contributed by atoms with Crippen molar-refractivity contribution in [2.45, 2.75) is 13.8 Å². The summed E-state index contributed by atoms with van der Waals surface area (Å²) >= 11 is 0. The van der Waals surface area contributed by atoms with E-state index in [0.29, 0.717) is 0 Å². The van der Waals surface area contributed by atoms with Gasteiger partial charge in [0.1, 0.15) is 6.29 Å². The number of carbonyl (C=O) groups is 1. The molecule has 2 aromatic rings. The molecule has 1 N–H and O–H groups in total. The molecule has 0 aliphatic rings. The lowest BCUT2D eigenvalue weighted by molar-refractivity contribution is 0.112. The SMILES string of the molecule is CNc1cccc(-c2cc(C)c(C=O)cc2C)c1. The van der Waals surface area contributed by atoms with Crippen molar-refractivity contribution in [1.82, 2.24) is 0 Å². The highest BCUT2D eigenvalue weighted by Gasteiger charge is 2.06. The van der Waals surface area contributed by atoms with E-state index in [0.717, 1.165) is 28.7 Å². The van der Waals surface area contributed by atoms with Crippen LogP contribution in [0, 0.1) is 13.8 Å². The van der Waals surface area contributed by atoms with Crippen molar-refractivity contribution in [2.75, 3.05) is 12.4 Å². The van der Waals surface area contributed by atoms with Gasteiger partial charge in [-0.05, 0) is 54.3 Å². The van der Waals surface area contributed by atoms with E-state index >= 15 is 0 Å². The summed E-state index contributed by atoms with van der Waals surface area (Å²) in [6, 6.07) is 12.3. The molecule has 2 rings (SSSR count). The number of hydrogen-bond acceptors (Lipinski definition) is 2. The zero-order chi connectivity index (χ0) is 13.1. The Morgan fingerprint density at radius 2 is 1.83 bits per heavy atom. The molecule has 18 heavy (non-hydrogen) atoms. The first-order valence-corrected chi connectivity index (χ1v) is 6.00. The average Bonchev–Trinajstić information content (AvgIpc) is 2.41. The molecule has 0 heterocycles. The molecule has 0 aromatic heterocycles. The Bertz CT molecular complexity index is 588. The van der Waals surface area contributed by atoms with Crippen LogP contribution in [0.15, 0.2) is 36.4 Å². The maximum atomic E-state index is 10.9. The van der Waals surface area contributed by atoms with Crippen LogP contribution in [-0.2, 0) is 0 Å². The van der Waals surface area contributed by atoms with Crippen LogP contribution in [0.25, 0.3) is 11.1 Å². The largest absolute Gasteiger partial charge is 0.388 e. The molecule has 0 saturated heterocycles. The summed E-state index contributed by atoms with van der Waals surface area (Å²) < 4.78 is 0. The van der Waals surface area contributed by atoms with E-state index in [1.165, 1.54) is 11.1 Å². The van der Waals surface area contributed by atoms with Crippen LogP contribution in [0.3, 0.4) is 0 Å². The maximum Gasteiger partial charge on any atom is 0.150 e. The van der Waals surface area contributed by atoms with Gasteiger partial charge in [0.05, 0.1) is 0 Å². The third-order valence-electron chi connectivity index (χ3n) is 3.20. The molecule has 0 unspecified atom stereocenters. The quantitative estimate of drug-likeness (QED) is 0.825. The molecule has 0 bridgehead atoms. The number of benzene rings is 2. The van der Waals surface area contributed by atoms with Gasteiger partial charge < -0.3 is 5.32 Å². The molecule has 2 nitrogen and oxygen atoms in total. The molecule has 0 aliphatic heterocycles. The van der Waals surface area contributed by atoms with Gasteiger partial charge in [-0.2, -0.15) is 0 Å². The monoisotopic (exact) mass is 239 g/mol. The minimum Gasteiger partial charge on any atom is -0.388 e.